The molecule has 0 aliphatic carbocycles. The van der Waals surface area contributed by atoms with Crippen LogP contribution < -0.4 is 10.9 Å². The molecule has 0 aromatic rings. The molecule has 1 aliphatic heterocycles. The Labute approximate surface area is 62.7 Å². The molecule has 10 heavy (non-hydrogen) atoms. The maximum absolute atomic E-state index is 3.24. The van der Waals surface area contributed by atoms with Gasteiger partial charge in [0.25, 0.3) is 0 Å². The normalized spacial score (nSPS) is 20.1. The lowest BCUT2D eigenvalue weighted by molar-refractivity contribution is 0.178. The first-order chi connectivity index (χ1) is 4.93. The van der Waals surface area contributed by atoms with Gasteiger partial charge in [-0.05, 0) is 6.42 Å². The molecule has 60 valence electrons. The minimum absolute atomic E-state index is 1.08. The summed E-state index contributed by atoms with van der Waals surface area (Å²) in [5.74, 6) is 0. The summed E-state index contributed by atoms with van der Waals surface area (Å²) in [7, 11) is 0. The van der Waals surface area contributed by atoms with Gasteiger partial charge in [0, 0.05) is 19.6 Å². The van der Waals surface area contributed by atoms with Gasteiger partial charge in [0.05, 0.1) is 0 Å². The Morgan fingerprint density at radius 3 is 2.50 bits per heavy atom. The highest BCUT2D eigenvalue weighted by atomic mass is 15.8. The molecule has 2 N–H and O–H groups in total. The topological polar surface area (TPSA) is 27.3 Å². The summed E-state index contributed by atoms with van der Waals surface area (Å²) < 4.78 is 0. The molecule has 3 heteroatoms. The Morgan fingerprint density at radius 1 is 1.20 bits per heavy atom. The molecule has 0 unspecified atom stereocenters. The van der Waals surface area contributed by atoms with E-state index in [1.165, 1.54) is 19.3 Å². The van der Waals surface area contributed by atoms with Crippen molar-refractivity contribution >= 4 is 0 Å². The van der Waals surface area contributed by atoms with Crippen LogP contribution in [0.4, 0.5) is 0 Å². The van der Waals surface area contributed by atoms with Gasteiger partial charge in [-0.15, -0.1) is 0 Å². The molecular formula is C7H17N3. The molecule has 1 aliphatic rings. The molecule has 0 saturated carbocycles. The quantitative estimate of drug-likeness (QED) is 0.561. The molecule has 1 fully saturated rings. The molecular weight excluding hydrogens is 126 g/mol. The first-order valence-electron chi connectivity index (χ1n) is 4.18. The smallest absolute Gasteiger partial charge is 0.0288 e. The van der Waals surface area contributed by atoms with Gasteiger partial charge in [-0.25, -0.2) is 10.9 Å². The third kappa shape index (κ3) is 2.64. The summed E-state index contributed by atoms with van der Waals surface area (Å²) in [5.41, 5.74) is 6.48. The zero-order valence-corrected chi connectivity index (χ0v) is 6.69. The number of nitrogens with one attached hydrogen (secondary N) is 2. The minimum atomic E-state index is 1.08. The van der Waals surface area contributed by atoms with Crippen molar-refractivity contribution in [1.29, 1.82) is 0 Å². The lowest BCUT2D eigenvalue weighted by Crippen LogP contribution is -2.38. The zero-order valence-electron chi connectivity index (χ0n) is 6.69. The van der Waals surface area contributed by atoms with E-state index in [1.807, 2.05) is 0 Å². The lowest BCUT2D eigenvalue weighted by Gasteiger charge is -2.13. The molecule has 1 saturated heterocycles. The SMILES string of the molecule is CCCCCN1NCCN1. The summed E-state index contributed by atoms with van der Waals surface area (Å²) in [6, 6.07) is 0. The third-order valence-electron chi connectivity index (χ3n) is 1.72. The molecule has 1 rings (SSSR count). The predicted octanol–water partition coefficient (Wildman–Crippen LogP) is 0.501. The standard InChI is InChI=1S/C7H17N3/c1-2-3-4-7-10-8-5-6-9-10/h8-9H,2-7H2,1H3. The molecule has 3 nitrogen and oxygen atoms in total. The average Bonchev–Trinajstić information content (AvgIpc) is 2.41. The van der Waals surface area contributed by atoms with Gasteiger partial charge in [-0.2, -0.15) is 5.12 Å². The van der Waals surface area contributed by atoms with Crippen molar-refractivity contribution in [2.75, 3.05) is 19.6 Å². The Morgan fingerprint density at radius 2 is 1.90 bits per heavy atom. The van der Waals surface area contributed by atoms with Crippen LogP contribution in [0.1, 0.15) is 26.2 Å². The lowest BCUT2D eigenvalue weighted by atomic mass is 10.2. The number of hydrazine groups is 2. The van der Waals surface area contributed by atoms with E-state index in [-0.39, 0.29) is 0 Å². The van der Waals surface area contributed by atoms with Crippen LogP contribution in [0.3, 0.4) is 0 Å². The highest BCUT2D eigenvalue weighted by molar-refractivity contribution is 4.56. The van der Waals surface area contributed by atoms with Crippen molar-refractivity contribution in [3.63, 3.8) is 0 Å². The predicted molar refractivity (Wildman–Crippen MR) is 42.2 cm³/mol. The van der Waals surface area contributed by atoms with E-state index < -0.39 is 0 Å². The van der Waals surface area contributed by atoms with Crippen molar-refractivity contribution in [2.45, 2.75) is 26.2 Å². The van der Waals surface area contributed by atoms with Crippen LogP contribution in [0.5, 0.6) is 0 Å². The summed E-state index contributed by atoms with van der Waals surface area (Å²) in [6.45, 7) is 5.51. The van der Waals surface area contributed by atoms with Gasteiger partial charge in [-0.1, -0.05) is 19.8 Å². The van der Waals surface area contributed by atoms with Gasteiger partial charge < -0.3 is 0 Å². The number of rotatable bonds is 4. The summed E-state index contributed by atoms with van der Waals surface area (Å²) >= 11 is 0. The average molecular weight is 143 g/mol. The van der Waals surface area contributed by atoms with E-state index in [0.29, 0.717) is 0 Å². The van der Waals surface area contributed by atoms with E-state index in [0.717, 1.165) is 19.6 Å². The first kappa shape index (κ1) is 7.98. The van der Waals surface area contributed by atoms with Crippen LogP contribution in [-0.2, 0) is 0 Å². The third-order valence-corrected chi connectivity index (χ3v) is 1.72. The molecule has 0 amide bonds. The maximum Gasteiger partial charge on any atom is 0.0288 e. The van der Waals surface area contributed by atoms with E-state index >= 15 is 0 Å². The van der Waals surface area contributed by atoms with Crippen LogP contribution in [-0.4, -0.2) is 24.8 Å². The summed E-state index contributed by atoms with van der Waals surface area (Å²) in [5, 5.41) is 2.09. The highest BCUT2D eigenvalue weighted by Crippen LogP contribution is 1.95. The van der Waals surface area contributed by atoms with Crippen LogP contribution in [0, 0.1) is 0 Å². The molecule has 0 radical (unpaired) electrons. The molecule has 0 atom stereocenters. The summed E-state index contributed by atoms with van der Waals surface area (Å²) in [4.78, 5) is 0. The largest absolute Gasteiger partial charge is 0.240 e. The van der Waals surface area contributed by atoms with E-state index in [9.17, 15) is 0 Å². The Bertz CT molecular complexity index is 78.9. The Hall–Kier alpha value is -0.120. The number of hydrogen-bond donors (Lipinski definition) is 2. The second-order valence-electron chi connectivity index (χ2n) is 2.67. The molecule has 1 heterocycles. The fraction of sp³-hybridized carbons (Fsp3) is 1.00. The van der Waals surface area contributed by atoms with Crippen molar-refractivity contribution in [3.8, 4) is 0 Å². The van der Waals surface area contributed by atoms with E-state index in [4.69, 9.17) is 0 Å². The Kier molecular flexibility index (Phi) is 3.72. The fourth-order valence-electron chi connectivity index (χ4n) is 1.12. The minimum Gasteiger partial charge on any atom is -0.240 e. The van der Waals surface area contributed by atoms with Crippen LogP contribution in [0.25, 0.3) is 0 Å². The van der Waals surface area contributed by atoms with E-state index in [1.54, 1.807) is 0 Å². The number of hydrogen-bond acceptors (Lipinski definition) is 3. The van der Waals surface area contributed by atoms with Gasteiger partial charge >= 0.3 is 0 Å². The Balaban J connectivity index is 1.91. The van der Waals surface area contributed by atoms with Crippen molar-refractivity contribution in [3.05, 3.63) is 0 Å². The van der Waals surface area contributed by atoms with Crippen LogP contribution >= 0.6 is 0 Å². The van der Waals surface area contributed by atoms with Gasteiger partial charge in [-0.3, -0.25) is 0 Å². The second-order valence-corrected chi connectivity index (χ2v) is 2.67. The van der Waals surface area contributed by atoms with Gasteiger partial charge in [0.1, 0.15) is 0 Å². The molecule has 0 spiro atoms. The molecule has 0 aromatic carbocycles. The first-order valence-corrected chi connectivity index (χ1v) is 4.18. The second kappa shape index (κ2) is 4.66. The number of unbranched alkanes of at least 4 members (excludes halogenated alkanes) is 2. The van der Waals surface area contributed by atoms with Crippen molar-refractivity contribution < 1.29 is 0 Å². The summed E-state index contributed by atoms with van der Waals surface area (Å²) in [6.07, 6.45) is 3.92. The molecule has 0 aromatic heterocycles. The number of nitrogens with zero attached hydrogens (tertiary/aromatic N) is 1. The highest BCUT2D eigenvalue weighted by Gasteiger charge is 2.07. The van der Waals surface area contributed by atoms with Crippen LogP contribution in [0.15, 0.2) is 0 Å². The monoisotopic (exact) mass is 143 g/mol. The fourth-order valence-corrected chi connectivity index (χ4v) is 1.12. The van der Waals surface area contributed by atoms with Crippen LogP contribution in [0.2, 0.25) is 0 Å². The van der Waals surface area contributed by atoms with Gasteiger partial charge in [0.2, 0.25) is 0 Å². The maximum atomic E-state index is 3.24. The van der Waals surface area contributed by atoms with Crippen molar-refractivity contribution in [1.82, 2.24) is 16.0 Å². The zero-order chi connectivity index (χ0) is 7.23. The van der Waals surface area contributed by atoms with Gasteiger partial charge in [0.15, 0.2) is 0 Å². The molecule has 0 bridgehead atoms. The van der Waals surface area contributed by atoms with E-state index in [2.05, 4.69) is 22.9 Å². The van der Waals surface area contributed by atoms with Crippen molar-refractivity contribution in [2.24, 2.45) is 0 Å².